The van der Waals surface area contributed by atoms with E-state index in [2.05, 4.69) is 10.3 Å². The lowest BCUT2D eigenvalue weighted by molar-refractivity contribution is -0.143. The number of amides is 2. The number of thiazole rings is 1. The zero-order valence-corrected chi connectivity index (χ0v) is 13.2. The highest BCUT2D eigenvalue weighted by molar-refractivity contribution is 7.09. The first kappa shape index (κ1) is 15.8. The fraction of sp³-hybridized carbons (Fsp3) is 0.643. The van der Waals surface area contributed by atoms with E-state index in [0.29, 0.717) is 25.9 Å². The van der Waals surface area contributed by atoms with Crippen LogP contribution in [0.2, 0.25) is 0 Å². The number of urea groups is 1. The van der Waals surface area contributed by atoms with Crippen molar-refractivity contribution in [2.45, 2.75) is 39.2 Å². The first-order valence-electron chi connectivity index (χ1n) is 7.15. The van der Waals surface area contributed by atoms with Gasteiger partial charge in [0, 0.05) is 30.9 Å². The number of aliphatic carboxylic acids is 1. The second-order valence-corrected chi connectivity index (χ2v) is 6.50. The highest BCUT2D eigenvalue weighted by Gasteiger charge is 2.31. The summed E-state index contributed by atoms with van der Waals surface area (Å²) in [7, 11) is 0. The van der Waals surface area contributed by atoms with Gasteiger partial charge in [0.1, 0.15) is 0 Å². The van der Waals surface area contributed by atoms with Crippen LogP contribution in [0.15, 0.2) is 5.38 Å². The molecule has 0 saturated carbocycles. The van der Waals surface area contributed by atoms with Gasteiger partial charge in [0.15, 0.2) is 0 Å². The van der Waals surface area contributed by atoms with Crippen molar-refractivity contribution in [1.82, 2.24) is 15.2 Å². The summed E-state index contributed by atoms with van der Waals surface area (Å²) in [6, 6.07) is -0.153. The number of nitrogens with one attached hydrogen (secondary N) is 1. The summed E-state index contributed by atoms with van der Waals surface area (Å²) in [5.74, 6) is -1.09. The molecule has 1 aromatic heterocycles. The van der Waals surface area contributed by atoms with E-state index in [0.717, 1.165) is 17.1 Å². The molecular formula is C14H21N3O3S. The number of likely N-dealkylation sites (tertiary alicyclic amines) is 1. The summed E-state index contributed by atoms with van der Waals surface area (Å²) in [5, 5.41) is 14.9. The molecule has 21 heavy (non-hydrogen) atoms. The average molecular weight is 311 g/mol. The second kappa shape index (κ2) is 6.89. The Kier molecular flexibility index (Phi) is 5.17. The fourth-order valence-electron chi connectivity index (χ4n) is 2.62. The van der Waals surface area contributed by atoms with Crippen molar-refractivity contribution in [3.05, 3.63) is 16.1 Å². The molecule has 1 aliphatic rings. The van der Waals surface area contributed by atoms with Crippen LogP contribution in [0.3, 0.4) is 0 Å². The van der Waals surface area contributed by atoms with Gasteiger partial charge in [0.05, 0.1) is 16.6 Å². The molecule has 0 radical (unpaired) electrons. The van der Waals surface area contributed by atoms with Crippen LogP contribution in [-0.4, -0.2) is 46.1 Å². The molecular weight excluding hydrogens is 290 g/mol. The topological polar surface area (TPSA) is 82.5 Å². The molecule has 0 bridgehead atoms. The van der Waals surface area contributed by atoms with Gasteiger partial charge in [-0.3, -0.25) is 4.79 Å². The highest BCUT2D eigenvalue weighted by Crippen LogP contribution is 2.22. The summed E-state index contributed by atoms with van der Waals surface area (Å²) in [6.45, 7) is 4.91. The lowest BCUT2D eigenvalue weighted by Gasteiger charge is -2.36. The number of piperidine rings is 1. The van der Waals surface area contributed by atoms with E-state index >= 15 is 0 Å². The third kappa shape index (κ3) is 4.17. The number of carbonyl (C=O) groups is 2. The van der Waals surface area contributed by atoms with Gasteiger partial charge in [0.25, 0.3) is 0 Å². The minimum absolute atomic E-state index is 0.0404. The van der Waals surface area contributed by atoms with Gasteiger partial charge in [-0.15, -0.1) is 11.3 Å². The molecule has 1 aliphatic heterocycles. The maximum Gasteiger partial charge on any atom is 0.317 e. The number of carboxylic acids is 1. The lowest BCUT2D eigenvalue weighted by atomic mass is 9.92. The van der Waals surface area contributed by atoms with Gasteiger partial charge in [-0.1, -0.05) is 0 Å². The number of carboxylic acid groups (broad SMARTS) is 1. The molecule has 2 amide bonds. The number of hydrogen-bond donors (Lipinski definition) is 2. The van der Waals surface area contributed by atoms with Crippen LogP contribution in [0, 0.1) is 12.8 Å². The fourth-order valence-corrected chi connectivity index (χ4v) is 3.27. The molecule has 2 unspecified atom stereocenters. The number of hydrogen-bond acceptors (Lipinski definition) is 4. The van der Waals surface area contributed by atoms with E-state index in [4.69, 9.17) is 5.11 Å². The Hall–Kier alpha value is -1.63. The van der Waals surface area contributed by atoms with Gasteiger partial charge in [-0.2, -0.15) is 0 Å². The Morgan fingerprint density at radius 1 is 1.57 bits per heavy atom. The van der Waals surface area contributed by atoms with E-state index < -0.39 is 5.97 Å². The normalized spacial score (nSPS) is 22.1. The van der Waals surface area contributed by atoms with Crippen molar-refractivity contribution in [1.29, 1.82) is 0 Å². The zero-order chi connectivity index (χ0) is 15.4. The predicted octanol–water partition coefficient (Wildman–Crippen LogP) is 1.89. The van der Waals surface area contributed by atoms with Crippen molar-refractivity contribution in [3.8, 4) is 0 Å². The van der Waals surface area contributed by atoms with Crippen LogP contribution < -0.4 is 5.32 Å². The summed E-state index contributed by atoms with van der Waals surface area (Å²) in [6.07, 6.45) is 1.77. The second-order valence-electron chi connectivity index (χ2n) is 5.44. The van der Waals surface area contributed by atoms with Gasteiger partial charge < -0.3 is 15.3 Å². The smallest absolute Gasteiger partial charge is 0.317 e. The van der Waals surface area contributed by atoms with Gasteiger partial charge in [-0.25, -0.2) is 9.78 Å². The number of rotatable bonds is 4. The van der Waals surface area contributed by atoms with Crippen molar-refractivity contribution in [3.63, 3.8) is 0 Å². The van der Waals surface area contributed by atoms with E-state index in [1.54, 1.807) is 16.2 Å². The molecule has 116 valence electrons. The minimum Gasteiger partial charge on any atom is -0.481 e. The molecule has 0 aliphatic carbocycles. The van der Waals surface area contributed by atoms with Crippen molar-refractivity contribution in [2.24, 2.45) is 5.92 Å². The van der Waals surface area contributed by atoms with E-state index in [9.17, 15) is 9.59 Å². The third-order valence-electron chi connectivity index (χ3n) is 3.81. The number of nitrogens with zero attached hydrogens (tertiary/aromatic N) is 2. The summed E-state index contributed by atoms with van der Waals surface area (Å²) in [4.78, 5) is 29.2. The standard InChI is InChI=1S/C14H21N3O3S/c1-9-7-11(13(18)19)4-6-17(9)14(20)15-5-3-12-8-21-10(2)16-12/h8-9,11H,3-7H2,1-2H3,(H,15,20)(H,18,19). The largest absolute Gasteiger partial charge is 0.481 e. The third-order valence-corrected chi connectivity index (χ3v) is 4.63. The maximum absolute atomic E-state index is 12.1. The Morgan fingerprint density at radius 2 is 2.33 bits per heavy atom. The van der Waals surface area contributed by atoms with Crippen LogP contribution in [0.5, 0.6) is 0 Å². The Morgan fingerprint density at radius 3 is 2.90 bits per heavy atom. The Labute approximate surface area is 128 Å². The predicted molar refractivity (Wildman–Crippen MR) is 80.5 cm³/mol. The van der Waals surface area contributed by atoms with Crippen molar-refractivity contribution >= 4 is 23.3 Å². The molecule has 2 rings (SSSR count). The average Bonchev–Trinajstić information content (AvgIpc) is 2.84. The van der Waals surface area contributed by atoms with Crippen LogP contribution in [0.25, 0.3) is 0 Å². The minimum atomic E-state index is -0.763. The molecule has 0 aromatic carbocycles. The molecule has 2 atom stereocenters. The van der Waals surface area contributed by atoms with E-state index in [1.807, 2.05) is 19.2 Å². The molecule has 7 heteroatoms. The van der Waals surface area contributed by atoms with Crippen LogP contribution in [0.1, 0.15) is 30.5 Å². The number of aromatic nitrogens is 1. The van der Waals surface area contributed by atoms with Crippen LogP contribution in [0.4, 0.5) is 4.79 Å². The van der Waals surface area contributed by atoms with E-state index in [-0.39, 0.29) is 18.0 Å². The summed E-state index contributed by atoms with van der Waals surface area (Å²) in [5.41, 5.74) is 0.996. The summed E-state index contributed by atoms with van der Waals surface area (Å²) >= 11 is 1.60. The number of aryl methyl sites for hydroxylation is 1. The first-order valence-corrected chi connectivity index (χ1v) is 8.03. The molecule has 1 saturated heterocycles. The molecule has 2 heterocycles. The Bertz CT molecular complexity index is 517. The molecule has 1 aromatic rings. The monoisotopic (exact) mass is 311 g/mol. The molecule has 6 nitrogen and oxygen atoms in total. The maximum atomic E-state index is 12.1. The Balaban J connectivity index is 1.77. The molecule has 0 spiro atoms. The lowest BCUT2D eigenvalue weighted by Crippen LogP contribution is -2.50. The highest BCUT2D eigenvalue weighted by atomic mass is 32.1. The van der Waals surface area contributed by atoms with E-state index in [1.165, 1.54) is 0 Å². The quantitative estimate of drug-likeness (QED) is 0.889. The molecule has 2 N–H and O–H groups in total. The van der Waals surface area contributed by atoms with Gasteiger partial charge in [0.2, 0.25) is 0 Å². The molecule has 1 fully saturated rings. The number of carbonyl (C=O) groups excluding carboxylic acids is 1. The SMILES string of the molecule is Cc1nc(CCNC(=O)N2CCC(C(=O)O)CC2C)cs1. The van der Waals surface area contributed by atoms with Crippen molar-refractivity contribution in [2.75, 3.05) is 13.1 Å². The van der Waals surface area contributed by atoms with Crippen molar-refractivity contribution < 1.29 is 14.7 Å². The van der Waals surface area contributed by atoms with Gasteiger partial charge >= 0.3 is 12.0 Å². The summed E-state index contributed by atoms with van der Waals surface area (Å²) < 4.78 is 0. The van der Waals surface area contributed by atoms with Crippen LogP contribution in [-0.2, 0) is 11.2 Å². The zero-order valence-electron chi connectivity index (χ0n) is 12.3. The first-order chi connectivity index (χ1) is 9.97. The van der Waals surface area contributed by atoms with Gasteiger partial charge in [-0.05, 0) is 26.7 Å². The van der Waals surface area contributed by atoms with Crippen LogP contribution >= 0.6 is 11.3 Å².